The van der Waals surface area contributed by atoms with Gasteiger partial charge in [-0.1, -0.05) is 39.0 Å². The Kier molecular flexibility index (Phi) is 8.49. The third-order valence-electron chi connectivity index (χ3n) is 6.83. The fraction of sp³-hybridized carbons (Fsp3) is 0.273. The fourth-order valence-electron chi connectivity index (χ4n) is 4.53. The van der Waals surface area contributed by atoms with Gasteiger partial charge in [-0.15, -0.1) is 15.0 Å². The minimum atomic E-state index is -0.270. The van der Waals surface area contributed by atoms with Gasteiger partial charge in [0, 0.05) is 23.2 Å². The number of rotatable bonds is 10. The summed E-state index contributed by atoms with van der Waals surface area (Å²) in [5.41, 5.74) is 3.64. The van der Waals surface area contributed by atoms with E-state index in [0.29, 0.717) is 66.0 Å². The summed E-state index contributed by atoms with van der Waals surface area (Å²) in [5, 5.41) is 28.3. The van der Waals surface area contributed by atoms with Crippen LogP contribution in [0.15, 0.2) is 82.9 Å². The van der Waals surface area contributed by atoms with Crippen LogP contribution in [-0.2, 0) is 5.41 Å². The molecule has 5 rings (SSSR count). The molecule has 43 heavy (non-hydrogen) atoms. The molecule has 1 aliphatic rings. The highest BCUT2D eigenvalue weighted by molar-refractivity contribution is 6.54. The van der Waals surface area contributed by atoms with Crippen molar-refractivity contribution in [3.05, 3.63) is 95.6 Å². The molecule has 0 bridgehead atoms. The number of benzene rings is 3. The van der Waals surface area contributed by atoms with E-state index >= 15 is 0 Å². The first kappa shape index (κ1) is 29.0. The molecule has 0 saturated heterocycles. The van der Waals surface area contributed by atoms with Gasteiger partial charge in [0.15, 0.2) is 5.82 Å². The second kappa shape index (κ2) is 12.6. The minimum absolute atomic E-state index is 0.270. The van der Waals surface area contributed by atoms with E-state index in [4.69, 9.17) is 24.6 Å². The number of aliphatic imine (C=N–C) groups is 1. The first-order valence-corrected chi connectivity index (χ1v) is 13.9. The predicted molar refractivity (Wildman–Crippen MR) is 165 cm³/mol. The molecular weight excluding hydrogens is 540 g/mol. The highest BCUT2D eigenvalue weighted by Gasteiger charge is 2.32. The number of ether oxygens (including phenoxy) is 2. The van der Waals surface area contributed by atoms with Gasteiger partial charge >= 0.3 is 0 Å². The molecule has 0 amide bonds. The summed E-state index contributed by atoms with van der Waals surface area (Å²) < 4.78 is 11.1. The first-order chi connectivity index (χ1) is 20.8. The maximum Gasteiger partial charge on any atom is 0.204 e. The van der Waals surface area contributed by atoms with Gasteiger partial charge in [0.2, 0.25) is 5.82 Å². The Balaban J connectivity index is 1.41. The second-order valence-corrected chi connectivity index (χ2v) is 10.9. The number of hydrogen-bond acceptors (Lipinski definition) is 9. The lowest BCUT2D eigenvalue weighted by molar-refractivity contribution is 0.323. The van der Waals surface area contributed by atoms with Crippen LogP contribution in [0.4, 0.5) is 11.4 Å². The molecule has 4 aromatic rings. The van der Waals surface area contributed by atoms with Gasteiger partial charge < -0.3 is 14.4 Å². The predicted octanol–water partition coefficient (Wildman–Crippen LogP) is 5.64. The number of anilines is 1. The van der Waals surface area contributed by atoms with E-state index in [-0.39, 0.29) is 5.41 Å². The quantitative estimate of drug-likeness (QED) is 0.241. The lowest BCUT2D eigenvalue weighted by Crippen LogP contribution is -2.29. The summed E-state index contributed by atoms with van der Waals surface area (Å²) in [6.45, 7) is 7.75. The number of fused-ring (bicyclic) bond motifs is 1. The van der Waals surface area contributed by atoms with E-state index in [0.717, 1.165) is 17.2 Å². The van der Waals surface area contributed by atoms with Crippen LogP contribution >= 0.6 is 0 Å². The van der Waals surface area contributed by atoms with Crippen molar-refractivity contribution in [2.24, 2.45) is 10.1 Å². The average molecular weight is 573 g/mol. The van der Waals surface area contributed by atoms with Crippen molar-refractivity contribution in [2.45, 2.75) is 32.6 Å². The highest BCUT2D eigenvalue weighted by atomic mass is 16.5. The third-order valence-corrected chi connectivity index (χ3v) is 6.83. The smallest absolute Gasteiger partial charge is 0.204 e. The van der Waals surface area contributed by atoms with Crippen molar-refractivity contribution in [3.63, 3.8) is 0 Å². The van der Waals surface area contributed by atoms with E-state index in [1.807, 2.05) is 87.5 Å². The zero-order chi connectivity index (χ0) is 30.4. The average Bonchev–Trinajstić information content (AvgIpc) is 3.59. The summed E-state index contributed by atoms with van der Waals surface area (Å²) in [6, 6.07) is 27.0. The van der Waals surface area contributed by atoms with Crippen LogP contribution in [0.25, 0.3) is 0 Å². The van der Waals surface area contributed by atoms with Crippen LogP contribution in [0.3, 0.4) is 0 Å². The van der Waals surface area contributed by atoms with E-state index in [1.54, 1.807) is 13.2 Å². The van der Waals surface area contributed by atoms with Crippen molar-refractivity contribution in [2.75, 3.05) is 31.7 Å². The first-order valence-electron chi connectivity index (χ1n) is 13.9. The van der Waals surface area contributed by atoms with E-state index in [9.17, 15) is 10.5 Å². The molecule has 0 atom stereocenters. The van der Waals surface area contributed by atoms with Gasteiger partial charge in [-0.25, -0.2) is 9.98 Å². The molecule has 10 nitrogen and oxygen atoms in total. The van der Waals surface area contributed by atoms with Crippen molar-refractivity contribution in [3.8, 4) is 23.6 Å². The normalized spacial score (nSPS) is 13.2. The second-order valence-electron chi connectivity index (χ2n) is 10.9. The molecule has 216 valence electrons. The Labute approximate surface area is 251 Å². The molecule has 0 N–H and O–H groups in total. The van der Waals surface area contributed by atoms with Crippen LogP contribution in [0, 0.1) is 22.7 Å². The molecule has 0 unspecified atom stereocenters. The summed E-state index contributed by atoms with van der Waals surface area (Å²) >= 11 is 0. The van der Waals surface area contributed by atoms with Gasteiger partial charge in [-0.3, -0.25) is 0 Å². The van der Waals surface area contributed by atoms with Gasteiger partial charge in [-0.05, 0) is 54.6 Å². The molecule has 0 fully saturated rings. The maximum atomic E-state index is 9.74. The summed E-state index contributed by atoms with van der Waals surface area (Å²) in [7, 11) is 1.63. The van der Waals surface area contributed by atoms with Gasteiger partial charge in [0.25, 0.3) is 0 Å². The minimum Gasteiger partial charge on any atom is -0.497 e. The van der Waals surface area contributed by atoms with Crippen LogP contribution in [0.1, 0.15) is 50.0 Å². The highest BCUT2D eigenvalue weighted by Crippen LogP contribution is 2.27. The van der Waals surface area contributed by atoms with E-state index < -0.39 is 0 Å². The molecule has 0 saturated carbocycles. The molecule has 0 radical (unpaired) electrons. The monoisotopic (exact) mass is 572 g/mol. The SMILES string of the molecule is COc1ccc(OCCN(CCC#N)c2ccc(N=C3C(c4ccccc4C#N)=Nn4nc(C(C)(C)C)nc43)cc2)cc1. The fourth-order valence-corrected chi connectivity index (χ4v) is 4.53. The molecule has 0 aliphatic carbocycles. The van der Waals surface area contributed by atoms with Gasteiger partial charge in [-0.2, -0.15) is 10.5 Å². The van der Waals surface area contributed by atoms with Crippen LogP contribution < -0.4 is 14.4 Å². The zero-order valence-corrected chi connectivity index (χ0v) is 24.7. The molecule has 2 heterocycles. The Bertz CT molecular complexity index is 1730. The summed E-state index contributed by atoms with van der Waals surface area (Å²) in [5.74, 6) is 2.71. The number of aromatic nitrogens is 3. The van der Waals surface area contributed by atoms with Crippen molar-refractivity contribution < 1.29 is 9.47 Å². The molecule has 0 spiro atoms. The molecule has 1 aromatic heterocycles. The Hall–Kier alpha value is -5.48. The standard InChI is InChI=1S/C33H32N8O2/c1-33(2,3)32-37-31-30(29(38-41(31)39-32)28-9-6-5-8-23(28)22-35)36-24-10-12-25(13-11-24)40(19-7-18-34)20-21-43-27-16-14-26(42-4)15-17-27/h5-6,8-17H,7,19-21H2,1-4H3. The third kappa shape index (κ3) is 6.55. The number of hydrogen-bond donors (Lipinski definition) is 0. The van der Waals surface area contributed by atoms with Gasteiger partial charge in [0.05, 0.1) is 43.5 Å². The Morgan fingerprint density at radius 1 is 0.930 bits per heavy atom. The van der Waals surface area contributed by atoms with Crippen molar-refractivity contribution in [1.29, 1.82) is 10.5 Å². The lowest BCUT2D eigenvalue weighted by atomic mass is 9.96. The van der Waals surface area contributed by atoms with Crippen molar-refractivity contribution in [1.82, 2.24) is 14.9 Å². The Morgan fingerprint density at radius 3 is 2.33 bits per heavy atom. The van der Waals surface area contributed by atoms with E-state index in [2.05, 4.69) is 22.1 Å². The molecular formula is C33H32N8O2. The largest absolute Gasteiger partial charge is 0.497 e. The molecule has 1 aliphatic heterocycles. The number of nitrogens with zero attached hydrogens (tertiary/aromatic N) is 8. The summed E-state index contributed by atoms with van der Waals surface area (Å²) in [6.07, 6.45) is 0.385. The zero-order valence-electron chi connectivity index (χ0n) is 24.7. The van der Waals surface area contributed by atoms with Crippen LogP contribution in [0.5, 0.6) is 11.5 Å². The Morgan fingerprint density at radius 2 is 1.65 bits per heavy atom. The lowest BCUT2D eigenvalue weighted by Gasteiger charge is -2.24. The van der Waals surface area contributed by atoms with Gasteiger partial charge in [0.1, 0.15) is 29.5 Å². The van der Waals surface area contributed by atoms with Crippen molar-refractivity contribution >= 4 is 22.8 Å². The van der Waals surface area contributed by atoms with E-state index in [1.165, 1.54) is 4.79 Å². The summed E-state index contributed by atoms with van der Waals surface area (Å²) in [4.78, 5) is 13.4. The van der Waals surface area contributed by atoms with Crippen LogP contribution in [-0.4, -0.2) is 53.1 Å². The number of methoxy groups -OCH3 is 1. The van der Waals surface area contributed by atoms with Crippen LogP contribution in [0.2, 0.25) is 0 Å². The molecule has 3 aromatic carbocycles. The molecule has 10 heteroatoms. The maximum absolute atomic E-state index is 9.74. The number of nitriles is 2. The topological polar surface area (TPSA) is 125 Å².